The lowest BCUT2D eigenvalue weighted by Gasteiger charge is -2.13. The van der Waals surface area contributed by atoms with Gasteiger partial charge in [0, 0.05) is 5.56 Å². The molecule has 0 bridgehead atoms. The van der Waals surface area contributed by atoms with Crippen molar-refractivity contribution in [3.05, 3.63) is 28.8 Å². The van der Waals surface area contributed by atoms with Crippen LogP contribution in [0.4, 0.5) is 0 Å². The maximum Gasteiger partial charge on any atom is 0.235 e. The van der Waals surface area contributed by atoms with Crippen LogP contribution in [0.1, 0.15) is 29.5 Å². The lowest BCUT2D eigenvalue weighted by atomic mass is 9.98. The van der Waals surface area contributed by atoms with Crippen molar-refractivity contribution in [1.82, 2.24) is 0 Å². The van der Waals surface area contributed by atoms with E-state index in [9.17, 15) is 9.90 Å². The quantitative estimate of drug-likeness (QED) is 0.592. The molecular formula is C12H13NO2. The second-order valence-corrected chi connectivity index (χ2v) is 4.14. The first kappa shape index (κ1) is 9.94. The Morgan fingerprint density at radius 3 is 2.60 bits per heavy atom. The molecule has 15 heavy (non-hydrogen) atoms. The van der Waals surface area contributed by atoms with Crippen molar-refractivity contribution in [2.24, 2.45) is 4.99 Å². The van der Waals surface area contributed by atoms with Gasteiger partial charge in [-0.05, 0) is 37.8 Å². The van der Waals surface area contributed by atoms with Crippen LogP contribution in [0.5, 0.6) is 5.75 Å². The fourth-order valence-electron chi connectivity index (χ4n) is 1.82. The van der Waals surface area contributed by atoms with E-state index in [0.29, 0.717) is 0 Å². The molecule has 2 rings (SSSR count). The maximum atomic E-state index is 10.3. The molecule has 0 atom stereocenters. The molecule has 0 aliphatic heterocycles. The van der Waals surface area contributed by atoms with Gasteiger partial charge in [0.25, 0.3) is 0 Å². The topological polar surface area (TPSA) is 49.7 Å². The number of benzene rings is 1. The monoisotopic (exact) mass is 203 g/mol. The molecule has 3 heteroatoms. The molecule has 0 saturated heterocycles. The van der Waals surface area contributed by atoms with Gasteiger partial charge in [-0.1, -0.05) is 12.1 Å². The number of carbonyl (C=O) groups excluding carboxylic acids is 1. The average Bonchev–Trinajstić information content (AvgIpc) is 2.96. The number of phenolic OH excluding ortho intramolecular Hbond substituents is 1. The Morgan fingerprint density at radius 2 is 2.07 bits per heavy atom. The Balaban J connectivity index is 2.55. The third-order valence-corrected chi connectivity index (χ3v) is 3.19. The molecule has 1 saturated carbocycles. The fourth-order valence-corrected chi connectivity index (χ4v) is 1.82. The average molecular weight is 203 g/mol. The standard InChI is InChI=1S/C12H13NO2/c1-8-3-4-10(11(15)9(8)2)12(5-6-12)13-7-14/h3-4,15H,5-6H2,1-2H3. The molecule has 0 spiro atoms. The SMILES string of the molecule is Cc1ccc(C2(N=C=O)CC2)c(O)c1C. The van der Waals surface area contributed by atoms with Gasteiger partial charge in [0.05, 0.1) is 0 Å². The highest BCUT2D eigenvalue weighted by Crippen LogP contribution is 2.52. The molecule has 0 radical (unpaired) electrons. The minimum absolute atomic E-state index is 0.270. The molecule has 1 fully saturated rings. The third kappa shape index (κ3) is 1.45. The molecule has 1 aromatic rings. The van der Waals surface area contributed by atoms with E-state index < -0.39 is 5.54 Å². The van der Waals surface area contributed by atoms with Gasteiger partial charge in [0.2, 0.25) is 6.08 Å². The predicted molar refractivity (Wildman–Crippen MR) is 56.6 cm³/mol. The fraction of sp³-hybridized carbons (Fsp3) is 0.417. The zero-order valence-electron chi connectivity index (χ0n) is 8.87. The summed E-state index contributed by atoms with van der Waals surface area (Å²) in [5.74, 6) is 0.270. The van der Waals surface area contributed by atoms with E-state index in [1.165, 1.54) is 0 Å². The van der Waals surface area contributed by atoms with Gasteiger partial charge >= 0.3 is 0 Å². The first-order valence-corrected chi connectivity index (χ1v) is 4.99. The number of nitrogens with zero attached hydrogens (tertiary/aromatic N) is 1. The summed E-state index contributed by atoms with van der Waals surface area (Å²) in [6.07, 6.45) is 3.23. The molecule has 0 heterocycles. The van der Waals surface area contributed by atoms with Crippen molar-refractivity contribution < 1.29 is 9.90 Å². The van der Waals surface area contributed by atoms with Crippen molar-refractivity contribution >= 4 is 6.08 Å². The molecule has 1 aliphatic carbocycles. The maximum absolute atomic E-state index is 10.3. The minimum Gasteiger partial charge on any atom is -0.507 e. The van der Waals surface area contributed by atoms with E-state index in [1.807, 2.05) is 26.0 Å². The van der Waals surface area contributed by atoms with E-state index in [-0.39, 0.29) is 5.75 Å². The van der Waals surface area contributed by atoms with E-state index in [0.717, 1.165) is 29.5 Å². The summed E-state index contributed by atoms with van der Waals surface area (Å²) < 4.78 is 0. The van der Waals surface area contributed by atoms with E-state index >= 15 is 0 Å². The minimum atomic E-state index is -0.482. The number of aromatic hydroxyl groups is 1. The zero-order chi connectivity index (χ0) is 11.1. The molecule has 1 aliphatic rings. The number of phenols is 1. The second-order valence-electron chi connectivity index (χ2n) is 4.14. The van der Waals surface area contributed by atoms with Gasteiger partial charge in [-0.3, -0.25) is 0 Å². The molecule has 1 N–H and O–H groups in total. The number of isocyanates is 1. The van der Waals surface area contributed by atoms with Gasteiger partial charge < -0.3 is 5.11 Å². The number of aliphatic imine (C=N–C) groups is 1. The smallest absolute Gasteiger partial charge is 0.235 e. The molecule has 0 amide bonds. The second kappa shape index (κ2) is 3.21. The molecule has 1 aromatic carbocycles. The van der Waals surface area contributed by atoms with Crippen LogP contribution in [0.15, 0.2) is 17.1 Å². The van der Waals surface area contributed by atoms with Gasteiger partial charge in [-0.25, -0.2) is 4.79 Å². The molecular weight excluding hydrogens is 190 g/mol. The Hall–Kier alpha value is -1.60. The summed E-state index contributed by atoms with van der Waals surface area (Å²) >= 11 is 0. The molecule has 0 aromatic heterocycles. The van der Waals surface area contributed by atoms with Crippen molar-refractivity contribution in [2.45, 2.75) is 32.2 Å². The molecule has 0 unspecified atom stereocenters. The third-order valence-electron chi connectivity index (χ3n) is 3.19. The first-order chi connectivity index (χ1) is 7.10. The number of rotatable bonds is 2. The van der Waals surface area contributed by atoms with Gasteiger partial charge in [0.15, 0.2) is 0 Å². The number of hydrogen-bond acceptors (Lipinski definition) is 3. The summed E-state index contributed by atoms with van der Waals surface area (Å²) in [4.78, 5) is 14.1. The van der Waals surface area contributed by atoms with Crippen LogP contribution in [0.3, 0.4) is 0 Å². The molecule has 78 valence electrons. The molecule has 3 nitrogen and oxygen atoms in total. The highest BCUT2D eigenvalue weighted by atomic mass is 16.3. The van der Waals surface area contributed by atoms with Gasteiger partial charge in [-0.15, -0.1) is 0 Å². The summed E-state index contributed by atoms with van der Waals surface area (Å²) in [6.45, 7) is 3.82. The van der Waals surface area contributed by atoms with E-state index in [4.69, 9.17) is 0 Å². The van der Waals surface area contributed by atoms with Crippen LogP contribution >= 0.6 is 0 Å². The van der Waals surface area contributed by atoms with Gasteiger partial charge in [0.1, 0.15) is 11.3 Å². The van der Waals surface area contributed by atoms with Crippen LogP contribution in [0.2, 0.25) is 0 Å². The normalized spacial score (nSPS) is 16.9. The van der Waals surface area contributed by atoms with Crippen LogP contribution < -0.4 is 0 Å². The number of hydrogen-bond donors (Lipinski definition) is 1. The van der Waals surface area contributed by atoms with Crippen LogP contribution in [-0.2, 0) is 10.3 Å². The lowest BCUT2D eigenvalue weighted by molar-refractivity contribution is 0.454. The summed E-state index contributed by atoms with van der Waals surface area (Å²) in [6, 6.07) is 3.80. The highest BCUT2D eigenvalue weighted by molar-refractivity contribution is 5.51. The summed E-state index contributed by atoms with van der Waals surface area (Å²) in [5.41, 5.74) is 2.18. The summed E-state index contributed by atoms with van der Waals surface area (Å²) in [5, 5.41) is 9.99. The van der Waals surface area contributed by atoms with Crippen LogP contribution in [0, 0.1) is 13.8 Å². The Bertz CT molecular complexity index is 455. The van der Waals surface area contributed by atoms with Crippen molar-refractivity contribution in [3.8, 4) is 5.75 Å². The van der Waals surface area contributed by atoms with Crippen molar-refractivity contribution in [2.75, 3.05) is 0 Å². The Kier molecular flexibility index (Phi) is 2.13. The van der Waals surface area contributed by atoms with E-state index in [2.05, 4.69) is 4.99 Å². The highest BCUT2D eigenvalue weighted by Gasteiger charge is 2.46. The van der Waals surface area contributed by atoms with Crippen LogP contribution in [-0.4, -0.2) is 11.2 Å². The Morgan fingerprint density at radius 1 is 1.40 bits per heavy atom. The van der Waals surface area contributed by atoms with Crippen molar-refractivity contribution in [3.63, 3.8) is 0 Å². The van der Waals surface area contributed by atoms with Crippen molar-refractivity contribution in [1.29, 1.82) is 0 Å². The number of aryl methyl sites for hydroxylation is 1. The van der Waals surface area contributed by atoms with E-state index in [1.54, 1.807) is 6.08 Å². The first-order valence-electron chi connectivity index (χ1n) is 4.99. The lowest BCUT2D eigenvalue weighted by Crippen LogP contribution is -2.03. The predicted octanol–water partition coefficient (Wildman–Crippen LogP) is 2.33. The Labute approximate surface area is 88.5 Å². The largest absolute Gasteiger partial charge is 0.507 e. The zero-order valence-corrected chi connectivity index (χ0v) is 8.87. The summed E-state index contributed by atoms with van der Waals surface area (Å²) in [7, 11) is 0. The van der Waals surface area contributed by atoms with Gasteiger partial charge in [-0.2, -0.15) is 4.99 Å². The van der Waals surface area contributed by atoms with Crippen LogP contribution in [0.25, 0.3) is 0 Å².